The second-order valence-electron chi connectivity index (χ2n) is 7.54. The monoisotopic (exact) mass is 465 g/mol. The summed E-state index contributed by atoms with van der Waals surface area (Å²) in [5, 5.41) is 4.56. The van der Waals surface area contributed by atoms with Gasteiger partial charge >= 0.3 is 0 Å². The first-order valence-electron chi connectivity index (χ1n) is 10.4. The lowest BCUT2D eigenvalue weighted by Gasteiger charge is -2.10. The summed E-state index contributed by atoms with van der Waals surface area (Å²) < 4.78 is 49.8. The van der Waals surface area contributed by atoms with Gasteiger partial charge in [0.2, 0.25) is 0 Å². The molecule has 0 fully saturated rings. The van der Waals surface area contributed by atoms with E-state index in [2.05, 4.69) is 9.82 Å². The largest absolute Gasteiger partial charge is 0.494 e. The van der Waals surface area contributed by atoms with Gasteiger partial charge in [0.05, 0.1) is 12.0 Å². The molecule has 1 aromatic heterocycles. The molecule has 4 rings (SSSR count). The number of halogens is 1. The third-order valence-electron chi connectivity index (χ3n) is 5.39. The van der Waals surface area contributed by atoms with Crippen LogP contribution in [0.15, 0.2) is 83.8 Å². The summed E-state index contributed by atoms with van der Waals surface area (Å²) in [5.74, 6) is -0.281. The van der Waals surface area contributed by atoms with Gasteiger partial charge in [0.15, 0.2) is 17.4 Å². The van der Waals surface area contributed by atoms with Crippen LogP contribution in [-0.4, -0.2) is 25.3 Å². The van der Waals surface area contributed by atoms with Gasteiger partial charge in [0.1, 0.15) is 0 Å². The predicted molar refractivity (Wildman–Crippen MR) is 126 cm³/mol. The van der Waals surface area contributed by atoms with E-state index in [1.807, 2.05) is 37.3 Å². The Kier molecular flexibility index (Phi) is 6.46. The molecule has 0 bridgehead atoms. The lowest BCUT2D eigenvalue weighted by molar-refractivity contribution is 0.386. The van der Waals surface area contributed by atoms with Crippen molar-refractivity contribution in [1.29, 1.82) is 0 Å². The lowest BCUT2D eigenvalue weighted by Crippen LogP contribution is -2.14. The van der Waals surface area contributed by atoms with Crippen molar-refractivity contribution in [3.05, 3.63) is 95.9 Å². The van der Waals surface area contributed by atoms with E-state index in [9.17, 15) is 12.8 Å². The zero-order valence-electron chi connectivity index (χ0n) is 18.3. The van der Waals surface area contributed by atoms with Crippen molar-refractivity contribution in [3.63, 3.8) is 0 Å². The molecule has 0 atom stereocenters. The number of hydrogen-bond donors (Lipinski definition) is 1. The molecule has 0 radical (unpaired) electrons. The molecule has 0 unspecified atom stereocenters. The first-order valence-corrected chi connectivity index (χ1v) is 11.9. The number of sulfonamides is 1. The molecule has 0 aliphatic heterocycles. The molecule has 170 valence electrons. The number of rotatable bonds is 8. The van der Waals surface area contributed by atoms with Crippen LogP contribution in [-0.2, 0) is 23.0 Å². The van der Waals surface area contributed by atoms with Crippen LogP contribution in [0.1, 0.15) is 11.3 Å². The smallest absolute Gasteiger partial charge is 0.263 e. The van der Waals surface area contributed by atoms with Crippen LogP contribution in [0.2, 0.25) is 0 Å². The van der Waals surface area contributed by atoms with Crippen molar-refractivity contribution in [3.8, 4) is 16.9 Å². The number of benzene rings is 3. The van der Waals surface area contributed by atoms with Crippen molar-refractivity contribution < 1.29 is 17.5 Å². The van der Waals surface area contributed by atoms with Crippen LogP contribution >= 0.6 is 0 Å². The van der Waals surface area contributed by atoms with Crippen LogP contribution in [0.4, 0.5) is 10.2 Å². The summed E-state index contributed by atoms with van der Waals surface area (Å²) in [4.78, 5) is 0.119. The van der Waals surface area contributed by atoms with Crippen molar-refractivity contribution >= 4 is 15.8 Å². The zero-order valence-corrected chi connectivity index (χ0v) is 19.1. The van der Waals surface area contributed by atoms with Crippen LogP contribution in [0, 0.1) is 12.7 Å². The third kappa shape index (κ3) is 4.90. The highest BCUT2D eigenvalue weighted by Crippen LogP contribution is 2.34. The van der Waals surface area contributed by atoms with Gasteiger partial charge < -0.3 is 4.74 Å². The second kappa shape index (κ2) is 9.46. The number of nitrogens with zero attached hydrogens (tertiary/aromatic N) is 2. The van der Waals surface area contributed by atoms with Crippen LogP contribution in [0.3, 0.4) is 0 Å². The van der Waals surface area contributed by atoms with E-state index in [0.29, 0.717) is 24.1 Å². The van der Waals surface area contributed by atoms with Gasteiger partial charge in [-0.3, -0.25) is 9.40 Å². The minimum atomic E-state index is -3.88. The van der Waals surface area contributed by atoms with Crippen molar-refractivity contribution in [2.24, 2.45) is 0 Å². The van der Waals surface area contributed by atoms with Crippen molar-refractivity contribution in [2.45, 2.75) is 24.8 Å². The van der Waals surface area contributed by atoms with Gasteiger partial charge in [-0.05, 0) is 48.7 Å². The van der Waals surface area contributed by atoms with Gasteiger partial charge in [0.25, 0.3) is 10.0 Å². The molecule has 0 spiro atoms. The summed E-state index contributed by atoms with van der Waals surface area (Å²) in [5.41, 5.74) is 2.88. The molecule has 1 heterocycles. The molecule has 3 aromatic carbocycles. The molecule has 0 aliphatic rings. The number of aryl methyl sites for hydroxylation is 2. The lowest BCUT2D eigenvalue weighted by atomic mass is 10.1. The molecule has 0 aliphatic carbocycles. The van der Waals surface area contributed by atoms with E-state index in [-0.39, 0.29) is 16.5 Å². The maximum atomic E-state index is 14.5. The molecule has 6 nitrogen and oxygen atoms in total. The number of anilines is 1. The minimum Gasteiger partial charge on any atom is -0.494 e. The molecule has 0 amide bonds. The average molecular weight is 466 g/mol. The Hall–Kier alpha value is -3.65. The van der Waals surface area contributed by atoms with E-state index in [1.165, 1.54) is 31.4 Å². The normalized spacial score (nSPS) is 11.4. The summed E-state index contributed by atoms with van der Waals surface area (Å²) >= 11 is 0. The highest BCUT2D eigenvalue weighted by atomic mass is 32.2. The number of ether oxygens (including phenoxy) is 1. The van der Waals surface area contributed by atoms with Crippen molar-refractivity contribution in [2.75, 3.05) is 11.8 Å². The first-order chi connectivity index (χ1) is 15.9. The Labute approximate surface area is 192 Å². The Balaban J connectivity index is 1.75. The van der Waals surface area contributed by atoms with Gasteiger partial charge in [0, 0.05) is 17.8 Å². The van der Waals surface area contributed by atoms with Gasteiger partial charge in [-0.2, -0.15) is 5.10 Å². The summed E-state index contributed by atoms with van der Waals surface area (Å²) in [6.07, 6.45) is 0.713. The minimum absolute atomic E-state index is 0.110. The second-order valence-corrected chi connectivity index (χ2v) is 9.22. The number of hydrogen-bond acceptors (Lipinski definition) is 4. The molecular formula is C25H24FN3O3S. The molecule has 8 heteroatoms. The molecule has 4 aromatic rings. The summed E-state index contributed by atoms with van der Waals surface area (Å²) in [6, 6.07) is 22.5. The van der Waals surface area contributed by atoms with E-state index < -0.39 is 15.8 Å². The quantitative estimate of drug-likeness (QED) is 0.395. The average Bonchev–Trinajstić information content (AvgIpc) is 3.13. The van der Waals surface area contributed by atoms with E-state index in [1.54, 1.807) is 28.9 Å². The zero-order chi connectivity index (χ0) is 23.4. The molecule has 0 saturated heterocycles. The van der Waals surface area contributed by atoms with E-state index in [0.717, 1.165) is 11.3 Å². The summed E-state index contributed by atoms with van der Waals surface area (Å²) in [6.45, 7) is 2.38. The Bertz CT molecular complexity index is 1350. The molecular weight excluding hydrogens is 441 g/mol. The predicted octanol–water partition coefficient (Wildman–Crippen LogP) is 5.05. The first kappa shape index (κ1) is 22.5. The van der Waals surface area contributed by atoms with E-state index in [4.69, 9.17) is 4.74 Å². The van der Waals surface area contributed by atoms with E-state index >= 15 is 0 Å². The molecule has 33 heavy (non-hydrogen) atoms. The van der Waals surface area contributed by atoms with Crippen LogP contribution in [0.5, 0.6) is 5.75 Å². The molecule has 0 saturated carbocycles. The molecule has 1 N–H and O–H groups in total. The fourth-order valence-corrected chi connectivity index (χ4v) is 4.70. The highest BCUT2D eigenvalue weighted by molar-refractivity contribution is 7.92. The SMILES string of the molecule is COc1ccc(-c2c(NS(=O)(=O)c3ccccc3)nn(CCc3ccccc3)c2C)cc1F. The maximum Gasteiger partial charge on any atom is 0.263 e. The Morgan fingerprint density at radius 2 is 1.67 bits per heavy atom. The standard InChI is InChI=1S/C25H24FN3O3S/c1-18-24(20-13-14-23(32-2)22(26)17-20)25(28-33(30,31)21-11-7-4-8-12-21)27-29(18)16-15-19-9-5-3-6-10-19/h3-14,17H,15-16H2,1-2H3,(H,27,28). The number of methoxy groups -OCH3 is 1. The summed E-state index contributed by atoms with van der Waals surface area (Å²) in [7, 11) is -2.49. The third-order valence-corrected chi connectivity index (χ3v) is 6.74. The van der Waals surface area contributed by atoms with Gasteiger partial charge in [-0.15, -0.1) is 0 Å². The Morgan fingerprint density at radius 1 is 1.00 bits per heavy atom. The van der Waals surface area contributed by atoms with Crippen LogP contribution in [0.25, 0.3) is 11.1 Å². The van der Waals surface area contributed by atoms with Crippen molar-refractivity contribution in [1.82, 2.24) is 9.78 Å². The van der Waals surface area contributed by atoms with Gasteiger partial charge in [-0.1, -0.05) is 54.6 Å². The highest BCUT2D eigenvalue weighted by Gasteiger charge is 2.23. The fourth-order valence-electron chi connectivity index (χ4n) is 3.67. The number of aromatic nitrogens is 2. The maximum absolute atomic E-state index is 14.5. The Morgan fingerprint density at radius 3 is 2.30 bits per heavy atom. The topological polar surface area (TPSA) is 73.2 Å². The van der Waals surface area contributed by atoms with Crippen LogP contribution < -0.4 is 9.46 Å². The van der Waals surface area contributed by atoms with Gasteiger partial charge in [-0.25, -0.2) is 12.8 Å². The fraction of sp³-hybridized carbons (Fsp3) is 0.160. The number of nitrogens with one attached hydrogen (secondary N) is 1.